The van der Waals surface area contributed by atoms with Crippen molar-refractivity contribution in [2.45, 2.75) is 6.18 Å². The van der Waals surface area contributed by atoms with E-state index in [1.165, 1.54) is 31.4 Å². The number of alkyl halides is 3. The molecule has 0 aliphatic heterocycles. The van der Waals surface area contributed by atoms with Crippen molar-refractivity contribution in [3.63, 3.8) is 0 Å². The minimum Gasteiger partial charge on any atom is -0.369 e. The maximum absolute atomic E-state index is 14.3. The zero-order valence-corrected chi connectivity index (χ0v) is 18.5. The van der Waals surface area contributed by atoms with Crippen LogP contribution in [0.4, 0.5) is 33.3 Å². The molecule has 0 unspecified atom stereocenters. The molecule has 0 aliphatic rings. The summed E-state index contributed by atoms with van der Waals surface area (Å²) >= 11 is 5.53. The van der Waals surface area contributed by atoms with Crippen LogP contribution in [0.1, 0.15) is 16.1 Å². The van der Waals surface area contributed by atoms with Gasteiger partial charge in [0.1, 0.15) is 5.69 Å². The van der Waals surface area contributed by atoms with Gasteiger partial charge in [-0.3, -0.25) is 4.89 Å². The molecule has 5 N–H and O–H groups in total. The molecule has 2 aromatic carbocycles. The van der Waals surface area contributed by atoms with E-state index in [4.69, 9.17) is 17.3 Å². The maximum atomic E-state index is 14.3. The average Bonchev–Trinajstić information content (AvgIpc) is 2.82. The van der Waals surface area contributed by atoms with E-state index >= 15 is 0 Å². The summed E-state index contributed by atoms with van der Waals surface area (Å²) in [6, 6.07) is 8.52. The van der Waals surface area contributed by atoms with Gasteiger partial charge in [0, 0.05) is 24.0 Å². The molecular weight excluding hydrogens is 501 g/mol. The van der Waals surface area contributed by atoms with Crippen molar-refractivity contribution >= 4 is 34.9 Å². The second kappa shape index (κ2) is 11.9. The first-order valence-corrected chi connectivity index (χ1v) is 9.77. The van der Waals surface area contributed by atoms with Gasteiger partial charge in [0.25, 0.3) is 0 Å². The molecule has 0 atom stereocenters. The Labute approximate surface area is 200 Å². The minimum absolute atomic E-state index is 0.102. The summed E-state index contributed by atoms with van der Waals surface area (Å²) in [4.78, 5) is 28.0. The fraction of sp³-hybridized carbons (Fsp3) is 0.0952. The molecule has 0 fully saturated rings. The Hall–Kier alpha value is -3.97. The number of benzene rings is 2. The number of hydrogen-bond acceptors (Lipinski definition) is 6. The number of aromatic nitrogens is 1. The molecule has 1 heterocycles. The Bertz CT molecular complexity index is 1190. The van der Waals surface area contributed by atoms with E-state index in [0.29, 0.717) is 18.2 Å². The van der Waals surface area contributed by atoms with Crippen LogP contribution in [0.25, 0.3) is 0 Å². The van der Waals surface area contributed by atoms with E-state index < -0.39 is 51.8 Å². The van der Waals surface area contributed by atoms with Gasteiger partial charge in [-0.2, -0.15) is 13.2 Å². The van der Waals surface area contributed by atoms with Crippen molar-refractivity contribution in [2.75, 3.05) is 12.4 Å². The summed E-state index contributed by atoms with van der Waals surface area (Å²) in [6.07, 6.45) is -3.40. The molecule has 35 heavy (non-hydrogen) atoms. The number of hydrogen-bond donors (Lipinski definition) is 3. The van der Waals surface area contributed by atoms with Crippen LogP contribution in [-0.4, -0.2) is 24.0 Å². The number of halogens is 6. The van der Waals surface area contributed by atoms with Crippen LogP contribution in [-0.2, 0) is 11.1 Å². The largest absolute Gasteiger partial charge is 0.417 e. The highest BCUT2D eigenvalue weighted by atomic mass is 35.5. The molecule has 14 heteroatoms. The zero-order chi connectivity index (χ0) is 26.2. The average molecular weight is 518 g/mol. The monoisotopic (exact) mass is 517 g/mol. The van der Waals surface area contributed by atoms with Crippen molar-refractivity contribution in [3.8, 4) is 5.75 Å². The molecule has 0 amide bonds. The number of pyridine rings is 1. The number of nitrogens with zero attached hydrogens (tertiary/aromatic N) is 2. The van der Waals surface area contributed by atoms with Crippen LogP contribution < -0.4 is 21.7 Å². The Morgan fingerprint density at radius 3 is 2.31 bits per heavy atom. The summed E-state index contributed by atoms with van der Waals surface area (Å²) in [5.41, 5.74) is 7.78. The first-order valence-electron chi connectivity index (χ1n) is 9.39. The lowest BCUT2D eigenvalue weighted by atomic mass is 10.2. The molecule has 1 aromatic heterocycles. The van der Waals surface area contributed by atoms with Gasteiger partial charge >= 0.3 is 12.1 Å². The van der Waals surface area contributed by atoms with Gasteiger partial charge in [0.15, 0.2) is 29.0 Å². The lowest BCUT2D eigenvalue weighted by Gasteiger charge is -2.12. The fourth-order valence-electron chi connectivity index (χ4n) is 2.43. The summed E-state index contributed by atoms with van der Waals surface area (Å²) in [5.74, 6) is -4.63. The fourth-order valence-corrected chi connectivity index (χ4v) is 2.65. The Kier molecular flexibility index (Phi) is 9.31. The van der Waals surface area contributed by atoms with Crippen molar-refractivity contribution in [1.82, 2.24) is 4.98 Å². The Morgan fingerprint density at radius 1 is 1.09 bits per heavy atom. The van der Waals surface area contributed by atoms with Crippen LogP contribution in [0.3, 0.4) is 0 Å². The van der Waals surface area contributed by atoms with Gasteiger partial charge in [-0.05, 0) is 37.4 Å². The first-order chi connectivity index (χ1) is 16.5. The van der Waals surface area contributed by atoms with Gasteiger partial charge in [-0.25, -0.2) is 28.4 Å². The van der Waals surface area contributed by atoms with Gasteiger partial charge in [0.05, 0.1) is 10.6 Å². The molecule has 0 saturated heterocycles. The van der Waals surface area contributed by atoms with E-state index in [-0.39, 0.29) is 11.4 Å². The van der Waals surface area contributed by atoms with E-state index in [2.05, 4.69) is 30.8 Å². The summed E-state index contributed by atoms with van der Waals surface area (Å²) < 4.78 is 67.4. The van der Waals surface area contributed by atoms with E-state index in [1.807, 2.05) is 0 Å². The first kappa shape index (κ1) is 27.3. The lowest BCUT2D eigenvalue weighted by Crippen LogP contribution is -2.22. The number of nitrogens with one attached hydrogen (secondary N) is 1. The van der Waals surface area contributed by atoms with E-state index in [1.54, 1.807) is 6.07 Å². The quantitative estimate of drug-likeness (QED) is 0.146. The van der Waals surface area contributed by atoms with Gasteiger partial charge in [0.2, 0.25) is 0 Å². The lowest BCUT2D eigenvalue weighted by molar-refractivity contribution is -0.150. The Morgan fingerprint density at radius 2 is 1.74 bits per heavy atom. The third-order valence-electron chi connectivity index (χ3n) is 3.85. The maximum Gasteiger partial charge on any atom is 0.417 e. The van der Waals surface area contributed by atoms with Crippen LogP contribution in [0.5, 0.6) is 5.75 Å². The molecule has 3 rings (SSSR count). The molecular formula is C21H17ClF5N5O3. The molecule has 0 radical (unpaired) electrons. The highest BCUT2D eigenvalue weighted by molar-refractivity contribution is 6.31. The SMILES string of the molecule is CN.NC(=Nc1c(F)cc(OOC(=O)c2ccccn2)cc1F)Nc1ccc(Cl)c(C(F)(F)F)c1. The molecule has 0 bridgehead atoms. The van der Waals surface area contributed by atoms with E-state index in [9.17, 15) is 26.7 Å². The summed E-state index contributed by atoms with van der Waals surface area (Å²) in [5, 5.41) is 1.74. The van der Waals surface area contributed by atoms with Crippen molar-refractivity contribution in [3.05, 3.63) is 82.6 Å². The normalized spacial score (nSPS) is 11.3. The molecule has 0 spiro atoms. The van der Waals surface area contributed by atoms with Gasteiger partial charge in [-0.15, -0.1) is 0 Å². The predicted molar refractivity (Wildman–Crippen MR) is 118 cm³/mol. The topological polar surface area (TPSA) is 125 Å². The minimum atomic E-state index is -4.73. The molecule has 186 valence electrons. The van der Waals surface area contributed by atoms with Crippen molar-refractivity contribution in [1.29, 1.82) is 0 Å². The van der Waals surface area contributed by atoms with Crippen LogP contribution in [0.15, 0.2) is 59.7 Å². The predicted octanol–water partition coefficient (Wildman–Crippen LogP) is 4.82. The third kappa shape index (κ3) is 7.52. The van der Waals surface area contributed by atoms with Crippen LogP contribution >= 0.6 is 11.6 Å². The van der Waals surface area contributed by atoms with Gasteiger partial charge in [-0.1, -0.05) is 17.7 Å². The number of nitrogens with two attached hydrogens (primary N) is 2. The highest BCUT2D eigenvalue weighted by Crippen LogP contribution is 2.36. The second-order valence-electron chi connectivity index (χ2n) is 6.22. The Balaban J connectivity index is 0.00000210. The summed E-state index contributed by atoms with van der Waals surface area (Å²) in [7, 11) is 1.50. The number of carbonyl (C=O) groups is 1. The smallest absolute Gasteiger partial charge is 0.369 e. The van der Waals surface area contributed by atoms with Crippen molar-refractivity contribution < 1.29 is 36.5 Å². The van der Waals surface area contributed by atoms with Crippen LogP contribution in [0, 0.1) is 11.6 Å². The zero-order valence-electron chi connectivity index (χ0n) is 17.7. The molecule has 0 aliphatic carbocycles. The second-order valence-corrected chi connectivity index (χ2v) is 6.63. The standard InChI is InChI=1S/C20H12ClF5N4O3.CH5N/c21-13-5-4-10(7-12(13)20(24,25)26)29-19(27)30-17-14(22)8-11(9-15(17)23)32-33-18(31)16-3-1-2-6-28-16;1-2/h1-9H,(H3,27,29,30);2H2,1H3. The molecule has 3 aromatic rings. The number of carbonyl (C=O) groups excluding carboxylic acids is 1. The van der Waals surface area contributed by atoms with E-state index in [0.717, 1.165) is 6.07 Å². The summed E-state index contributed by atoms with van der Waals surface area (Å²) in [6.45, 7) is 0. The number of anilines is 1. The molecule has 8 nitrogen and oxygen atoms in total. The number of aliphatic imine (C=N–C) groups is 1. The number of rotatable bonds is 5. The molecule has 0 saturated carbocycles. The number of guanidine groups is 1. The third-order valence-corrected chi connectivity index (χ3v) is 4.18. The highest BCUT2D eigenvalue weighted by Gasteiger charge is 2.33. The van der Waals surface area contributed by atoms with Crippen molar-refractivity contribution in [2.24, 2.45) is 16.5 Å². The van der Waals surface area contributed by atoms with Crippen LogP contribution in [0.2, 0.25) is 5.02 Å². The van der Waals surface area contributed by atoms with Gasteiger partial charge < -0.3 is 16.8 Å².